The number of nitrogens with one attached hydrogen (secondary N) is 1. The van der Waals surface area contributed by atoms with Crippen molar-refractivity contribution in [1.82, 2.24) is 10.3 Å². The summed E-state index contributed by atoms with van der Waals surface area (Å²) in [5, 5.41) is 0. The molecule has 1 heterocycles. The molecular formula is C10H22N4. The molecule has 1 saturated heterocycles. The Balaban J connectivity index is 2.63. The van der Waals surface area contributed by atoms with Crippen LogP contribution in [0.15, 0.2) is 4.99 Å². The van der Waals surface area contributed by atoms with Gasteiger partial charge in [-0.05, 0) is 25.2 Å². The van der Waals surface area contributed by atoms with Crippen molar-refractivity contribution in [1.29, 1.82) is 0 Å². The van der Waals surface area contributed by atoms with Crippen LogP contribution in [0.1, 0.15) is 33.6 Å². The van der Waals surface area contributed by atoms with Crippen molar-refractivity contribution < 1.29 is 0 Å². The van der Waals surface area contributed by atoms with Crippen LogP contribution in [0.25, 0.3) is 0 Å². The number of hydrogen-bond acceptors (Lipinski definition) is 2. The summed E-state index contributed by atoms with van der Waals surface area (Å²) in [6, 6.07) is 0. The fourth-order valence-corrected chi connectivity index (χ4v) is 1.99. The number of rotatable bonds is 1. The molecule has 0 atom stereocenters. The zero-order chi connectivity index (χ0) is 10.6. The Morgan fingerprint density at radius 3 is 2.79 bits per heavy atom. The van der Waals surface area contributed by atoms with Crippen molar-refractivity contribution in [3.05, 3.63) is 0 Å². The second kappa shape index (κ2) is 4.64. The highest BCUT2D eigenvalue weighted by molar-refractivity contribution is 5.79. The summed E-state index contributed by atoms with van der Waals surface area (Å²) in [5.41, 5.74) is 3.06. The maximum atomic E-state index is 5.46. The third-order valence-corrected chi connectivity index (χ3v) is 2.64. The van der Waals surface area contributed by atoms with E-state index in [0.717, 1.165) is 25.6 Å². The number of nitrogens with zero attached hydrogens (tertiary/aromatic N) is 2. The molecule has 1 fully saturated rings. The van der Waals surface area contributed by atoms with Gasteiger partial charge in [-0.25, -0.2) is 5.84 Å². The first-order valence-corrected chi connectivity index (χ1v) is 5.35. The monoisotopic (exact) mass is 198 g/mol. The van der Waals surface area contributed by atoms with Crippen molar-refractivity contribution in [2.75, 3.05) is 19.6 Å². The summed E-state index contributed by atoms with van der Waals surface area (Å²) in [5.74, 6) is 6.29. The number of hydrazine groups is 1. The maximum absolute atomic E-state index is 5.46. The first-order valence-electron chi connectivity index (χ1n) is 5.35. The van der Waals surface area contributed by atoms with Gasteiger partial charge in [-0.15, -0.1) is 0 Å². The van der Waals surface area contributed by atoms with Crippen LogP contribution in [-0.2, 0) is 0 Å². The average Bonchev–Trinajstić information content (AvgIpc) is 2.12. The van der Waals surface area contributed by atoms with E-state index >= 15 is 0 Å². The molecule has 0 spiro atoms. The molecule has 0 radical (unpaired) electrons. The molecule has 82 valence electrons. The lowest BCUT2D eigenvalue weighted by molar-refractivity contribution is 0.174. The van der Waals surface area contributed by atoms with Gasteiger partial charge in [0.05, 0.1) is 0 Å². The van der Waals surface area contributed by atoms with E-state index in [0.29, 0.717) is 5.41 Å². The number of guanidine groups is 1. The van der Waals surface area contributed by atoms with E-state index in [2.05, 4.69) is 29.2 Å². The minimum Gasteiger partial charge on any atom is -0.341 e. The standard InChI is InChI=1S/C10H22N4/c1-4-12-9(13-11)14-7-5-6-10(2,3)8-14/h4-8,11H2,1-3H3,(H,12,13). The second-order valence-corrected chi connectivity index (χ2v) is 4.63. The van der Waals surface area contributed by atoms with Crippen LogP contribution in [0.5, 0.6) is 0 Å². The minimum absolute atomic E-state index is 0.379. The number of aliphatic imine (C=N–C) groups is 1. The Hall–Kier alpha value is -0.770. The molecule has 4 nitrogen and oxygen atoms in total. The molecule has 0 aromatic heterocycles. The first-order chi connectivity index (χ1) is 6.59. The molecule has 0 aliphatic carbocycles. The zero-order valence-electron chi connectivity index (χ0n) is 9.51. The maximum Gasteiger partial charge on any atom is 0.208 e. The summed E-state index contributed by atoms with van der Waals surface area (Å²) < 4.78 is 0. The molecule has 0 aromatic rings. The van der Waals surface area contributed by atoms with E-state index in [1.807, 2.05) is 6.92 Å². The lowest BCUT2D eigenvalue weighted by atomic mass is 9.84. The fraction of sp³-hybridized carbons (Fsp3) is 0.900. The fourth-order valence-electron chi connectivity index (χ4n) is 1.99. The molecule has 4 heteroatoms. The third kappa shape index (κ3) is 2.87. The van der Waals surface area contributed by atoms with Crippen LogP contribution < -0.4 is 11.3 Å². The van der Waals surface area contributed by atoms with Gasteiger partial charge in [0.15, 0.2) is 0 Å². The molecule has 14 heavy (non-hydrogen) atoms. The molecule has 0 saturated carbocycles. The third-order valence-electron chi connectivity index (χ3n) is 2.64. The molecule has 1 rings (SSSR count). The van der Waals surface area contributed by atoms with Gasteiger partial charge in [0.2, 0.25) is 5.96 Å². The van der Waals surface area contributed by atoms with Crippen LogP contribution in [0.2, 0.25) is 0 Å². The van der Waals surface area contributed by atoms with E-state index in [1.165, 1.54) is 12.8 Å². The Morgan fingerprint density at radius 2 is 2.29 bits per heavy atom. The Morgan fingerprint density at radius 1 is 1.57 bits per heavy atom. The molecule has 0 unspecified atom stereocenters. The van der Waals surface area contributed by atoms with Crippen LogP contribution in [-0.4, -0.2) is 30.5 Å². The molecule has 1 aliphatic heterocycles. The highest BCUT2D eigenvalue weighted by Crippen LogP contribution is 2.28. The van der Waals surface area contributed by atoms with E-state index in [-0.39, 0.29) is 0 Å². The van der Waals surface area contributed by atoms with Gasteiger partial charge < -0.3 is 4.90 Å². The Kier molecular flexibility index (Phi) is 3.75. The van der Waals surface area contributed by atoms with E-state index in [9.17, 15) is 0 Å². The van der Waals surface area contributed by atoms with Gasteiger partial charge in [-0.2, -0.15) is 0 Å². The van der Waals surface area contributed by atoms with E-state index < -0.39 is 0 Å². The highest BCUT2D eigenvalue weighted by atomic mass is 15.4. The normalized spacial score (nSPS) is 22.3. The molecule has 3 N–H and O–H groups in total. The molecule has 0 amide bonds. The Bertz CT molecular complexity index is 210. The average molecular weight is 198 g/mol. The predicted octanol–water partition coefficient (Wildman–Crippen LogP) is 0.948. The van der Waals surface area contributed by atoms with Crippen molar-refractivity contribution in [2.45, 2.75) is 33.6 Å². The number of hydrogen-bond donors (Lipinski definition) is 2. The molecular weight excluding hydrogens is 176 g/mol. The number of piperidine rings is 1. The van der Waals surface area contributed by atoms with Gasteiger partial charge >= 0.3 is 0 Å². The zero-order valence-corrected chi connectivity index (χ0v) is 9.51. The predicted molar refractivity (Wildman–Crippen MR) is 59.9 cm³/mol. The van der Waals surface area contributed by atoms with Crippen LogP contribution in [0.3, 0.4) is 0 Å². The minimum atomic E-state index is 0.379. The highest BCUT2D eigenvalue weighted by Gasteiger charge is 2.27. The van der Waals surface area contributed by atoms with Gasteiger partial charge in [0, 0.05) is 19.6 Å². The smallest absolute Gasteiger partial charge is 0.208 e. The van der Waals surface area contributed by atoms with Gasteiger partial charge in [-0.3, -0.25) is 10.4 Å². The van der Waals surface area contributed by atoms with Crippen molar-refractivity contribution in [3.8, 4) is 0 Å². The quantitative estimate of drug-likeness (QED) is 0.285. The first kappa shape index (κ1) is 11.3. The second-order valence-electron chi connectivity index (χ2n) is 4.63. The lowest BCUT2D eigenvalue weighted by Gasteiger charge is -2.39. The number of nitrogens with two attached hydrogens (primary N) is 1. The van der Waals surface area contributed by atoms with E-state index in [4.69, 9.17) is 5.84 Å². The van der Waals surface area contributed by atoms with Crippen molar-refractivity contribution in [2.24, 2.45) is 16.3 Å². The summed E-state index contributed by atoms with van der Waals surface area (Å²) in [6.45, 7) is 9.48. The van der Waals surface area contributed by atoms with Crippen LogP contribution in [0.4, 0.5) is 0 Å². The topological polar surface area (TPSA) is 53.6 Å². The van der Waals surface area contributed by atoms with Crippen LogP contribution >= 0.6 is 0 Å². The molecule has 0 aromatic carbocycles. The molecule has 1 aliphatic rings. The summed E-state index contributed by atoms with van der Waals surface area (Å²) >= 11 is 0. The van der Waals surface area contributed by atoms with Gasteiger partial charge in [0.1, 0.15) is 0 Å². The largest absolute Gasteiger partial charge is 0.341 e. The summed E-state index contributed by atoms with van der Waals surface area (Å²) in [6.07, 6.45) is 2.50. The summed E-state index contributed by atoms with van der Waals surface area (Å²) in [4.78, 5) is 6.58. The number of likely N-dealkylation sites (tertiary alicyclic amines) is 1. The Labute approximate surface area is 86.5 Å². The van der Waals surface area contributed by atoms with Gasteiger partial charge in [-0.1, -0.05) is 13.8 Å². The van der Waals surface area contributed by atoms with Crippen LogP contribution in [0, 0.1) is 5.41 Å². The van der Waals surface area contributed by atoms with Crippen molar-refractivity contribution >= 4 is 5.96 Å². The SMILES string of the molecule is CCN=C(NN)N1CCCC(C)(C)C1. The molecule has 0 bridgehead atoms. The van der Waals surface area contributed by atoms with E-state index in [1.54, 1.807) is 0 Å². The van der Waals surface area contributed by atoms with Crippen molar-refractivity contribution in [3.63, 3.8) is 0 Å². The lowest BCUT2D eigenvalue weighted by Crippen LogP contribution is -2.51. The van der Waals surface area contributed by atoms with Gasteiger partial charge in [0.25, 0.3) is 0 Å². The summed E-state index contributed by atoms with van der Waals surface area (Å²) in [7, 11) is 0.